The second kappa shape index (κ2) is 6.19. The Hall–Kier alpha value is -3.63. The molecule has 4 aromatic rings. The highest BCUT2D eigenvalue weighted by Crippen LogP contribution is 2.22. The standard InChI is InChI=1S/C18H20N10O/c1-10-7-11(2)27-18(19-10)20-16(24-27)17(29)25(4)13-8-26(9-13)15-6-5-14-22-21-12(3)28(14)23-15/h5-7,13H,8-9H2,1-4H3. The Kier molecular flexibility index (Phi) is 3.73. The van der Waals surface area contributed by atoms with Gasteiger partial charge in [-0.2, -0.15) is 9.50 Å². The van der Waals surface area contributed by atoms with Crippen molar-refractivity contribution in [3.63, 3.8) is 0 Å². The highest BCUT2D eigenvalue weighted by atomic mass is 16.2. The Labute approximate surface area is 166 Å². The van der Waals surface area contributed by atoms with E-state index in [0.717, 1.165) is 23.0 Å². The van der Waals surface area contributed by atoms with Crippen LogP contribution < -0.4 is 4.90 Å². The molecular formula is C18H20N10O. The van der Waals surface area contributed by atoms with Crippen LogP contribution in [0, 0.1) is 20.8 Å². The van der Waals surface area contributed by atoms with Crippen molar-refractivity contribution in [2.24, 2.45) is 0 Å². The van der Waals surface area contributed by atoms with Gasteiger partial charge in [0.2, 0.25) is 5.82 Å². The zero-order valence-corrected chi connectivity index (χ0v) is 16.6. The summed E-state index contributed by atoms with van der Waals surface area (Å²) in [6, 6.07) is 5.78. The number of nitrogens with zero attached hydrogens (tertiary/aromatic N) is 10. The third-order valence-electron chi connectivity index (χ3n) is 5.27. The van der Waals surface area contributed by atoms with Crippen LogP contribution in [0.4, 0.5) is 5.82 Å². The Bertz CT molecular complexity index is 1250. The SMILES string of the molecule is Cc1cc(C)n2nc(C(=O)N(C)C3CN(c4ccc5nnc(C)n5n4)C3)nc2n1. The molecule has 1 aliphatic rings. The lowest BCUT2D eigenvalue weighted by Gasteiger charge is -2.44. The predicted molar refractivity (Wildman–Crippen MR) is 104 cm³/mol. The zero-order valence-electron chi connectivity index (χ0n) is 16.6. The van der Waals surface area contributed by atoms with E-state index in [4.69, 9.17) is 0 Å². The van der Waals surface area contributed by atoms with Crippen LogP contribution in [0.3, 0.4) is 0 Å². The highest BCUT2D eigenvalue weighted by Gasteiger charge is 2.35. The summed E-state index contributed by atoms with van der Waals surface area (Å²) in [7, 11) is 1.78. The molecular weight excluding hydrogens is 372 g/mol. The fourth-order valence-electron chi connectivity index (χ4n) is 3.52. The molecule has 4 aromatic heterocycles. The van der Waals surface area contributed by atoms with E-state index in [1.54, 1.807) is 21.0 Å². The molecule has 0 radical (unpaired) electrons. The number of hydrogen-bond acceptors (Lipinski definition) is 8. The number of anilines is 1. The van der Waals surface area contributed by atoms with Gasteiger partial charge in [-0.05, 0) is 39.0 Å². The molecule has 11 heteroatoms. The topological polar surface area (TPSA) is 110 Å². The van der Waals surface area contributed by atoms with Crippen LogP contribution in [-0.4, -0.2) is 76.4 Å². The number of likely N-dealkylation sites (N-methyl/N-ethyl adjacent to an activating group) is 1. The summed E-state index contributed by atoms with van der Waals surface area (Å²) in [5.74, 6) is 1.96. The van der Waals surface area contributed by atoms with Crippen molar-refractivity contribution in [2.75, 3.05) is 25.0 Å². The summed E-state index contributed by atoms with van der Waals surface area (Å²) < 4.78 is 3.32. The lowest BCUT2D eigenvalue weighted by atomic mass is 10.1. The van der Waals surface area contributed by atoms with E-state index in [0.29, 0.717) is 24.5 Å². The number of amides is 1. The fourth-order valence-corrected chi connectivity index (χ4v) is 3.52. The van der Waals surface area contributed by atoms with Crippen LogP contribution >= 0.6 is 0 Å². The van der Waals surface area contributed by atoms with E-state index >= 15 is 0 Å². The highest BCUT2D eigenvalue weighted by molar-refractivity contribution is 5.91. The van der Waals surface area contributed by atoms with Gasteiger partial charge in [-0.3, -0.25) is 4.79 Å². The molecule has 1 saturated heterocycles. The maximum atomic E-state index is 12.9. The lowest BCUT2D eigenvalue weighted by molar-refractivity contribution is 0.0693. The van der Waals surface area contributed by atoms with Gasteiger partial charge in [-0.15, -0.1) is 20.4 Å². The average Bonchev–Trinajstić information content (AvgIpc) is 3.24. The van der Waals surface area contributed by atoms with Gasteiger partial charge in [-0.1, -0.05) is 0 Å². The van der Waals surface area contributed by atoms with Crippen molar-refractivity contribution < 1.29 is 4.79 Å². The lowest BCUT2D eigenvalue weighted by Crippen LogP contribution is -2.60. The van der Waals surface area contributed by atoms with E-state index in [9.17, 15) is 4.79 Å². The summed E-state index contributed by atoms with van der Waals surface area (Å²) in [4.78, 5) is 25.3. The number of hydrogen-bond donors (Lipinski definition) is 0. The summed E-state index contributed by atoms with van der Waals surface area (Å²) in [5, 5.41) is 17.0. The first-order valence-electron chi connectivity index (χ1n) is 9.33. The molecule has 0 bridgehead atoms. The molecule has 0 unspecified atom stereocenters. The van der Waals surface area contributed by atoms with E-state index in [1.165, 1.54) is 0 Å². The van der Waals surface area contributed by atoms with Crippen LogP contribution in [0.2, 0.25) is 0 Å². The Morgan fingerprint density at radius 1 is 1.07 bits per heavy atom. The fraction of sp³-hybridized carbons (Fsp3) is 0.389. The molecule has 1 amide bonds. The van der Waals surface area contributed by atoms with Gasteiger partial charge in [0.1, 0.15) is 5.82 Å². The third kappa shape index (κ3) is 2.77. The molecule has 29 heavy (non-hydrogen) atoms. The van der Waals surface area contributed by atoms with E-state index in [1.807, 2.05) is 39.0 Å². The largest absolute Gasteiger partial charge is 0.351 e. The molecule has 5 rings (SSSR count). The van der Waals surface area contributed by atoms with Gasteiger partial charge in [0, 0.05) is 31.5 Å². The summed E-state index contributed by atoms with van der Waals surface area (Å²) >= 11 is 0. The van der Waals surface area contributed by atoms with Crippen LogP contribution in [-0.2, 0) is 0 Å². The number of fused-ring (bicyclic) bond motifs is 2. The predicted octanol–water partition coefficient (Wildman–Crippen LogP) is 0.448. The number of rotatable bonds is 3. The maximum absolute atomic E-state index is 12.9. The smallest absolute Gasteiger partial charge is 0.293 e. The summed E-state index contributed by atoms with van der Waals surface area (Å²) in [6.07, 6.45) is 0. The number of aromatic nitrogens is 8. The second-order valence-corrected chi connectivity index (χ2v) is 7.37. The van der Waals surface area contributed by atoms with Crippen LogP contribution in [0.15, 0.2) is 18.2 Å². The molecule has 0 aromatic carbocycles. The van der Waals surface area contributed by atoms with E-state index in [2.05, 4.69) is 35.3 Å². The van der Waals surface area contributed by atoms with Gasteiger partial charge in [0.25, 0.3) is 11.7 Å². The maximum Gasteiger partial charge on any atom is 0.293 e. The molecule has 1 fully saturated rings. The van der Waals surface area contributed by atoms with Crippen molar-refractivity contribution >= 4 is 23.1 Å². The van der Waals surface area contributed by atoms with Crippen LogP contribution in [0.1, 0.15) is 27.8 Å². The molecule has 0 aliphatic carbocycles. The van der Waals surface area contributed by atoms with Crippen molar-refractivity contribution in [3.8, 4) is 0 Å². The minimum atomic E-state index is -0.213. The third-order valence-corrected chi connectivity index (χ3v) is 5.27. The minimum absolute atomic E-state index is 0.0596. The Morgan fingerprint density at radius 2 is 1.86 bits per heavy atom. The molecule has 148 valence electrons. The molecule has 0 spiro atoms. The molecule has 0 saturated carbocycles. The number of aryl methyl sites for hydroxylation is 3. The van der Waals surface area contributed by atoms with Gasteiger partial charge >= 0.3 is 0 Å². The number of carbonyl (C=O) groups is 1. The normalized spacial score (nSPS) is 14.6. The summed E-state index contributed by atoms with van der Waals surface area (Å²) in [5.41, 5.74) is 2.45. The van der Waals surface area contributed by atoms with Gasteiger partial charge < -0.3 is 9.80 Å². The molecule has 5 heterocycles. The second-order valence-electron chi connectivity index (χ2n) is 7.37. The monoisotopic (exact) mass is 392 g/mol. The van der Waals surface area contributed by atoms with Crippen LogP contribution in [0.25, 0.3) is 11.4 Å². The quantitative estimate of drug-likeness (QED) is 0.494. The minimum Gasteiger partial charge on any atom is -0.351 e. The van der Waals surface area contributed by atoms with Crippen molar-refractivity contribution in [1.82, 2.24) is 44.3 Å². The van der Waals surface area contributed by atoms with Crippen LogP contribution in [0.5, 0.6) is 0 Å². The first-order chi connectivity index (χ1) is 13.9. The van der Waals surface area contributed by atoms with Gasteiger partial charge in [0.15, 0.2) is 11.5 Å². The Balaban J connectivity index is 1.31. The van der Waals surface area contributed by atoms with Gasteiger partial charge in [-0.25, -0.2) is 9.50 Å². The first-order valence-corrected chi connectivity index (χ1v) is 9.33. The molecule has 11 nitrogen and oxygen atoms in total. The molecule has 1 aliphatic heterocycles. The van der Waals surface area contributed by atoms with Crippen molar-refractivity contribution in [3.05, 3.63) is 41.2 Å². The first kappa shape index (κ1) is 17.5. The van der Waals surface area contributed by atoms with Crippen molar-refractivity contribution in [2.45, 2.75) is 26.8 Å². The van der Waals surface area contributed by atoms with Gasteiger partial charge in [0.05, 0.1) is 6.04 Å². The van der Waals surface area contributed by atoms with E-state index in [-0.39, 0.29) is 17.8 Å². The average molecular weight is 392 g/mol. The van der Waals surface area contributed by atoms with E-state index < -0.39 is 0 Å². The van der Waals surface area contributed by atoms with Crippen molar-refractivity contribution in [1.29, 1.82) is 0 Å². The summed E-state index contributed by atoms with van der Waals surface area (Å²) in [6.45, 7) is 7.05. The Morgan fingerprint density at radius 3 is 2.66 bits per heavy atom. The zero-order chi connectivity index (χ0) is 20.3. The molecule has 0 N–H and O–H groups in total. The number of carbonyl (C=O) groups excluding carboxylic acids is 1. The molecule has 0 atom stereocenters.